The largest absolute Gasteiger partial charge is 0.477 e. The Balaban J connectivity index is 1.77. The van der Waals surface area contributed by atoms with E-state index in [4.69, 9.17) is 11.6 Å². The average Bonchev–Trinajstić information content (AvgIpc) is 3.04. The number of aromatic nitrogens is 2. The Kier molecular flexibility index (Phi) is 4.61. The van der Waals surface area contributed by atoms with Gasteiger partial charge in [0, 0.05) is 10.4 Å². The molecule has 3 heterocycles. The number of β-lactam (4-membered cyclic amide) rings is 1. The van der Waals surface area contributed by atoms with Gasteiger partial charge in [0.2, 0.25) is 5.91 Å². The molecule has 1 unspecified atom stereocenters. The fourth-order valence-electron chi connectivity index (χ4n) is 2.48. The fraction of sp³-hybridized carbons (Fsp3) is 0.308. The predicted molar refractivity (Wildman–Crippen MR) is 88.0 cm³/mol. The molecule has 1 aromatic rings. The van der Waals surface area contributed by atoms with Gasteiger partial charge in [0.15, 0.2) is 0 Å². The van der Waals surface area contributed by atoms with E-state index in [0.717, 1.165) is 0 Å². The highest BCUT2D eigenvalue weighted by Crippen LogP contribution is 2.46. The Hall–Kier alpha value is -1.91. The van der Waals surface area contributed by atoms with Crippen LogP contribution in [0.4, 0.5) is 0 Å². The second kappa shape index (κ2) is 6.54. The number of thioether (sulfide) groups is 1. The average molecular weight is 387 g/mol. The van der Waals surface area contributed by atoms with E-state index in [1.165, 1.54) is 39.0 Å². The van der Waals surface area contributed by atoms with E-state index >= 15 is 0 Å². The van der Waals surface area contributed by atoms with E-state index in [2.05, 4.69) is 15.5 Å². The number of rotatable bonds is 4. The van der Waals surface area contributed by atoms with Gasteiger partial charge in [-0.05, 0) is 12.5 Å². The highest BCUT2D eigenvalue weighted by Gasteiger charge is 2.54. The van der Waals surface area contributed by atoms with Crippen molar-refractivity contribution in [1.82, 2.24) is 20.4 Å². The molecule has 3 rings (SSSR count). The minimum atomic E-state index is -1.21. The molecular weight excluding hydrogens is 376 g/mol. The first-order valence-electron chi connectivity index (χ1n) is 6.73. The van der Waals surface area contributed by atoms with Gasteiger partial charge in [-0.3, -0.25) is 14.5 Å². The number of carbonyl (C=O) groups is 3. The van der Waals surface area contributed by atoms with Crippen LogP contribution in [0, 0.1) is 0 Å². The summed E-state index contributed by atoms with van der Waals surface area (Å²) in [5, 5.41) is 19.4. The smallest absolute Gasteiger partial charge is 0.352 e. The van der Waals surface area contributed by atoms with Crippen molar-refractivity contribution >= 4 is 52.5 Å². The number of nitrogens with zero attached hydrogens (tertiary/aromatic N) is 3. The van der Waals surface area contributed by atoms with Crippen LogP contribution in [0.25, 0.3) is 0 Å². The Bertz CT molecular complexity index is 777. The van der Waals surface area contributed by atoms with Crippen LogP contribution in [-0.4, -0.2) is 49.4 Å². The van der Waals surface area contributed by atoms with Crippen molar-refractivity contribution in [3.05, 3.63) is 32.2 Å². The summed E-state index contributed by atoms with van der Waals surface area (Å²) in [5.74, 6) is -2.03. The van der Waals surface area contributed by atoms with Gasteiger partial charge in [0.25, 0.3) is 5.91 Å². The topological polar surface area (TPSA) is 112 Å². The third kappa shape index (κ3) is 2.80. The molecule has 1 saturated heterocycles. The number of halogens is 1. The molecule has 0 bridgehead atoms. The summed E-state index contributed by atoms with van der Waals surface area (Å²) < 4.78 is 0. The van der Waals surface area contributed by atoms with Crippen molar-refractivity contribution in [2.45, 2.75) is 24.8 Å². The molecule has 2 N–H and O–H groups in total. The number of allylic oxidation sites excluding steroid dienone is 1. The van der Waals surface area contributed by atoms with Crippen molar-refractivity contribution in [3.8, 4) is 0 Å². The van der Waals surface area contributed by atoms with E-state index in [1.54, 1.807) is 6.92 Å². The van der Waals surface area contributed by atoms with Crippen LogP contribution in [0.3, 0.4) is 0 Å². The Labute approximate surface area is 149 Å². The number of carboxylic acid groups (broad SMARTS) is 1. The normalized spacial score (nSPS) is 24.7. The summed E-state index contributed by atoms with van der Waals surface area (Å²) in [6.45, 7) is 1.59. The second-order valence-electron chi connectivity index (χ2n) is 5.02. The number of hydrogen-bond acceptors (Lipinski definition) is 7. The van der Waals surface area contributed by atoms with Gasteiger partial charge in [0.1, 0.15) is 27.6 Å². The summed E-state index contributed by atoms with van der Waals surface area (Å²) in [6.07, 6.45) is 0.0185. The Morgan fingerprint density at radius 1 is 1.54 bits per heavy atom. The molecule has 2 amide bonds. The van der Waals surface area contributed by atoms with E-state index in [-0.39, 0.29) is 18.0 Å². The van der Waals surface area contributed by atoms with Gasteiger partial charge in [-0.1, -0.05) is 23.4 Å². The molecule has 8 nitrogen and oxygen atoms in total. The van der Waals surface area contributed by atoms with E-state index in [0.29, 0.717) is 15.5 Å². The SMILES string of the molecule is CC1=C(C(=O)O)N2C(=O)C(NC(=O)Cc3nncs3)[C@@H]2SC1=CCl. The Morgan fingerprint density at radius 3 is 2.88 bits per heavy atom. The van der Waals surface area contributed by atoms with Crippen LogP contribution < -0.4 is 5.32 Å². The van der Waals surface area contributed by atoms with Crippen molar-refractivity contribution in [2.24, 2.45) is 0 Å². The van der Waals surface area contributed by atoms with Gasteiger partial charge in [-0.2, -0.15) is 0 Å². The highest BCUT2D eigenvalue weighted by atomic mass is 35.5. The van der Waals surface area contributed by atoms with Crippen LogP contribution in [0.2, 0.25) is 0 Å². The van der Waals surface area contributed by atoms with Crippen LogP contribution in [-0.2, 0) is 20.8 Å². The number of fused-ring (bicyclic) bond motifs is 1. The van der Waals surface area contributed by atoms with E-state index in [1.807, 2.05) is 0 Å². The van der Waals surface area contributed by atoms with Crippen molar-refractivity contribution < 1.29 is 19.5 Å². The molecule has 0 radical (unpaired) electrons. The molecule has 2 atom stereocenters. The summed E-state index contributed by atoms with van der Waals surface area (Å²) in [4.78, 5) is 37.6. The number of hydrogen-bond donors (Lipinski definition) is 2. The van der Waals surface area contributed by atoms with Crippen LogP contribution in [0.15, 0.2) is 27.2 Å². The molecule has 126 valence electrons. The first-order valence-corrected chi connectivity index (χ1v) is 8.92. The van der Waals surface area contributed by atoms with Gasteiger partial charge in [0.05, 0.1) is 6.42 Å². The van der Waals surface area contributed by atoms with Crippen molar-refractivity contribution in [3.63, 3.8) is 0 Å². The zero-order valence-corrected chi connectivity index (χ0v) is 14.6. The molecule has 0 aromatic carbocycles. The maximum Gasteiger partial charge on any atom is 0.352 e. The van der Waals surface area contributed by atoms with Gasteiger partial charge in [-0.15, -0.1) is 21.5 Å². The first kappa shape index (κ1) is 16.9. The quantitative estimate of drug-likeness (QED) is 0.740. The number of carbonyl (C=O) groups excluding carboxylic acids is 2. The van der Waals surface area contributed by atoms with Crippen LogP contribution in [0.5, 0.6) is 0 Å². The molecular formula is C13H11ClN4O4S2. The lowest BCUT2D eigenvalue weighted by molar-refractivity contribution is -0.150. The third-order valence-electron chi connectivity index (χ3n) is 3.59. The fourth-order valence-corrected chi connectivity index (χ4v) is 4.54. The number of amides is 2. The second-order valence-corrected chi connectivity index (χ2v) is 7.32. The summed E-state index contributed by atoms with van der Waals surface area (Å²) in [6, 6.07) is -0.801. The van der Waals surface area contributed by atoms with Crippen molar-refractivity contribution in [2.75, 3.05) is 0 Å². The maximum absolute atomic E-state index is 12.3. The summed E-state index contributed by atoms with van der Waals surface area (Å²) in [7, 11) is 0. The van der Waals surface area contributed by atoms with E-state index in [9.17, 15) is 19.5 Å². The van der Waals surface area contributed by atoms with Crippen LogP contribution >= 0.6 is 34.7 Å². The zero-order valence-electron chi connectivity index (χ0n) is 12.2. The summed E-state index contributed by atoms with van der Waals surface area (Å²) in [5.41, 5.74) is 3.11. The van der Waals surface area contributed by atoms with E-state index < -0.39 is 23.3 Å². The molecule has 0 saturated carbocycles. The lowest BCUT2D eigenvalue weighted by atomic mass is 10.0. The number of carboxylic acids is 1. The maximum atomic E-state index is 12.3. The standard InChI is InChI=1S/C13H11ClN4O4S2/c1-5-6(3-14)24-12-9(11(20)18(12)10(5)13(21)22)16-7(19)2-8-17-15-4-23-8/h3-4,9,12H,2H2,1H3,(H,16,19)(H,21,22)/t9?,12-/m0/s1. The molecule has 0 aliphatic carbocycles. The monoisotopic (exact) mass is 386 g/mol. The molecule has 2 aliphatic rings. The molecule has 24 heavy (non-hydrogen) atoms. The van der Waals surface area contributed by atoms with Gasteiger partial charge < -0.3 is 10.4 Å². The minimum Gasteiger partial charge on any atom is -0.477 e. The molecule has 1 fully saturated rings. The first-order chi connectivity index (χ1) is 11.4. The molecule has 0 spiro atoms. The number of aliphatic carboxylic acids is 1. The van der Waals surface area contributed by atoms with Gasteiger partial charge >= 0.3 is 5.97 Å². The third-order valence-corrected chi connectivity index (χ3v) is 6.04. The van der Waals surface area contributed by atoms with Crippen LogP contribution in [0.1, 0.15) is 11.9 Å². The number of nitrogens with one attached hydrogen (secondary N) is 1. The Morgan fingerprint density at radius 2 is 2.29 bits per heavy atom. The predicted octanol–water partition coefficient (Wildman–Crippen LogP) is 0.919. The van der Waals surface area contributed by atoms with Crippen molar-refractivity contribution in [1.29, 1.82) is 0 Å². The minimum absolute atomic E-state index is 0.0185. The molecule has 2 aliphatic heterocycles. The van der Waals surface area contributed by atoms with Gasteiger partial charge in [-0.25, -0.2) is 4.79 Å². The molecule has 11 heteroatoms. The lowest BCUT2D eigenvalue weighted by Crippen LogP contribution is -2.70. The highest BCUT2D eigenvalue weighted by molar-refractivity contribution is 8.04. The lowest BCUT2D eigenvalue weighted by Gasteiger charge is -2.49. The zero-order chi connectivity index (χ0) is 17.4. The summed E-state index contributed by atoms with van der Waals surface area (Å²) >= 11 is 8.24. The molecule has 1 aromatic heterocycles.